The minimum absolute atomic E-state index is 0.0241. The number of ether oxygens (including phenoxy) is 2. The fourth-order valence-corrected chi connectivity index (χ4v) is 2.86. The van der Waals surface area contributed by atoms with Crippen molar-refractivity contribution in [3.8, 4) is 11.5 Å². The Balaban J connectivity index is 1.65. The third-order valence-corrected chi connectivity index (χ3v) is 4.16. The first-order chi connectivity index (χ1) is 11.3. The molecule has 8 heteroatoms. The molecule has 4 atom stereocenters. The third-order valence-electron chi connectivity index (χ3n) is 4.16. The first-order valence-corrected chi connectivity index (χ1v) is 7.31. The van der Waals surface area contributed by atoms with Gasteiger partial charge in [-0.15, -0.1) is 0 Å². The van der Waals surface area contributed by atoms with Gasteiger partial charge in [0.2, 0.25) is 0 Å². The third kappa shape index (κ3) is 2.93. The van der Waals surface area contributed by atoms with Gasteiger partial charge in [0.15, 0.2) is 17.1 Å². The number of esters is 2. The second-order valence-corrected chi connectivity index (χ2v) is 5.93. The molecule has 0 aromatic heterocycles. The average molecular weight is 336 g/mol. The maximum absolute atomic E-state index is 11.9. The molecule has 1 aliphatic carbocycles. The SMILES string of the molecule is O=C(C=Cc1ccc(O)c(O)c1)OC1C[C@]2(O)CC(OC2=O)[C@@H]1O. The summed E-state index contributed by atoms with van der Waals surface area (Å²) in [7, 11) is 0. The number of benzene rings is 1. The summed E-state index contributed by atoms with van der Waals surface area (Å²) in [6, 6.07) is 4.00. The molecule has 4 N–H and O–H groups in total. The van der Waals surface area contributed by atoms with Gasteiger partial charge in [0.25, 0.3) is 0 Å². The highest BCUT2D eigenvalue weighted by atomic mass is 16.6. The van der Waals surface area contributed by atoms with Crippen LogP contribution < -0.4 is 0 Å². The van der Waals surface area contributed by atoms with Crippen molar-refractivity contribution in [3.05, 3.63) is 29.8 Å². The Morgan fingerprint density at radius 3 is 2.75 bits per heavy atom. The van der Waals surface area contributed by atoms with Crippen molar-refractivity contribution in [2.24, 2.45) is 0 Å². The van der Waals surface area contributed by atoms with Crippen LogP contribution in [0.25, 0.3) is 6.08 Å². The van der Waals surface area contributed by atoms with Gasteiger partial charge in [0.05, 0.1) is 0 Å². The molecule has 2 bridgehead atoms. The van der Waals surface area contributed by atoms with Crippen molar-refractivity contribution in [1.29, 1.82) is 0 Å². The predicted molar refractivity (Wildman–Crippen MR) is 78.8 cm³/mol. The quantitative estimate of drug-likeness (QED) is 0.340. The minimum Gasteiger partial charge on any atom is -0.504 e. The van der Waals surface area contributed by atoms with Crippen LogP contribution in [0.3, 0.4) is 0 Å². The van der Waals surface area contributed by atoms with Gasteiger partial charge in [-0.3, -0.25) is 0 Å². The van der Waals surface area contributed by atoms with Gasteiger partial charge >= 0.3 is 11.9 Å². The fraction of sp³-hybridized carbons (Fsp3) is 0.375. The molecule has 24 heavy (non-hydrogen) atoms. The molecule has 2 aliphatic rings. The summed E-state index contributed by atoms with van der Waals surface area (Å²) in [5, 5.41) is 38.7. The van der Waals surface area contributed by atoms with Crippen LogP contribution in [-0.4, -0.2) is 56.3 Å². The lowest BCUT2D eigenvalue weighted by atomic mass is 9.82. The molecule has 1 saturated heterocycles. The molecule has 2 fully saturated rings. The smallest absolute Gasteiger partial charge is 0.338 e. The molecule has 1 aliphatic heterocycles. The number of aromatic hydroxyl groups is 2. The van der Waals surface area contributed by atoms with Crippen LogP contribution in [-0.2, 0) is 19.1 Å². The van der Waals surface area contributed by atoms with Crippen molar-refractivity contribution in [1.82, 2.24) is 0 Å². The number of carbonyl (C=O) groups is 2. The molecule has 8 nitrogen and oxygen atoms in total. The van der Waals surface area contributed by atoms with Gasteiger partial charge in [-0.25, -0.2) is 9.59 Å². The monoisotopic (exact) mass is 336 g/mol. The van der Waals surface area contributed by atoms with Crippen LogP contribution in [0.4, 0.5) is 0 Å². The highest BCUT2D eigenvalue weighted by Gasteiger charge is 2.58. The number of rotatable bonds is 3. The number of carbonyl (C=O) groups excluding carboxylic acids is 2. The number of hydrogen-bond acceptors (Lipinski definition) is 8. The van der Waals surface area contributed by atoms with E-state index in [1.54, 1.807) is 0 Å². The topological polar surface area (TPSA) is 134 Å². The van der Waals surface area contributed by atoms with Crippen LogP contribution in [0.15, 0.2) is 24.3 Å². The number of phenols is 2. The molecule has 1 heterocycles. The second kappa shape index (κ2) is 5.81. The Kier molecular flexibility index (Phi) is 3.94. The molecular formula is C16H16O8. The van der Waals surface area contributed by atoms with E-state index in [1.165, 1.54) is 24.3 Å². The summed E-state index contributed by atoms with van der Waals surface area (Å²) in [5.41, 5.74) is -1.29. The zero-order valence-corrected chi connectivity index (χ0v) is 12.5. The lowest BCUT2D eigenvalue weighted by Gasteiger charge is -2.32. The van der Waals surface area contributed by atoms with Crippen molar-refractivity contribution in [2.45, 2.75) is 36.8 Å². The van der Waals surface area contributed by atoms with Gasteiger partial charge < -0.3 is 29.9 Å². The van der Waals surface area contributed by atoms with Crippen molar-refractivity contribution in [2.75, 3.05) is 0 Å². The molecule has 2 unspecified atom stereocenters. The van der Waals surface area contributed by atoms with E-state index in [0.29, 0.717) is 5.56 Å². The molecule has 128 valence electrons. The van der Waals surface area contributed by atoms with Crippen LogP contribution in [0.2, 0.25) is 0 Å². The maximum atomic E-state index is 11.9. The first kappa shape index (κ1) is 16.3. The van der Waals surface area contributed by atoms with Crippen LogP contribution >= 0.6 is 0 Å². The Hall–Kier alpha value is -2.58. The Labute approximate surface area is 136 Å². The zero-order valence-electron chi connectivity index (χ0n) is 12.5. The number of fused-ring (bicyclic) bond motifs is 2. The van der Waals surface area contributed by atoms with E-state index in [0.717, 1.165) is 6.08 Å². The lowest BCUT2D eigenvalue weighted by molar-refractivity contribution is -0.162. The molecule has 0 amide bonds. The van der Waals surface area contributed by atoms with E-state index in [2.05, 4.69) is 0 Å². The van der Waals surface area contributed by atoms with Gasteiger partial charge in [0, 0.05) is 18.9 Å². The van der Waals surface area contributed by atoms with Gasteiger partial charge in [-0.1, -0.05) is 6.07 Å². The van der Waals surface area contributed by atoms with Crippen LogP contribution in [0, 0.1) is 0 Å². The maximum Gasteiger partial charge on any atom is 0.338 e. The number of aliphatic hydroxyl groups is 2. The van der Waals surface area contributed by atoms with Gasteiger partial charge in [0.1, 0.15) is 18.3 Å². The van der Waals surface area contributed by atoms with Crippen molar-refractivity contribution < 1.29 is 39.5 Å². The summed E-state index contributed by atoms with van der Waals surface area (Å²) in [6.45, 7) is 0. The summed E-state index contributed by atoms with van der Waals surface area (Å²) in [4.78, 5) is 23.4. The largest absolute Gasteiger partial charge is 0.504 e. The lowest BCUT2D eigenvalue weighted by Crippen LogP contribution is -2.50. The second-order valence-electron chi connectivity index (χ2n) is 5.93. The van der Waals surface area contributed by atoms with E-state index in [-0.39, 0.29) is 24.3 Å². The summed E-state index contributed by atoms with van der Waals surface area (Å²) < 4.78 is 9.96. The zero-order chi connectivity index (χ0) is 17.5. The molecule has 1 saturated carbocycles. The summed E-state index contributed by atoms with van der Waals surface area (Å²) >= 11 is 0. The average Bonchev–Trinajstić information content (AvgIpc) is 2.78. The number of phenolic OH excluding ortho intramolecular Hbond substituents is 2. The van der Waals surface area contributed by atoms with Crippen molar-refractivity contribution >= 4 is 18.0 Å². The van der Waals surface area contributed by atoms with E-state index >= 15 is 0 Å². The molecule has 0 radical (unpaired) electrons. The highest BCUT2D eigenvalue weighted by Crippen LogP contribution is 2.39. The highest BCUT2D eigenvalue weighted by molar-refractivity contribution is 5.87. The molecular weight excluding hydrogens is 320 g/mol. The van der Waals surface area contributed by atoms with Crippen molar-refractivity contribution in [3.63, 3.8) is 0 Å². The fourth-order valence-electron chi connectivity index (χ4n) is 2.86. The predicted octanol–water partition coefficient (Wildman–Crippen LogP) is -0.166. The van der Waals surface area contributed by atoms with Gasteiger partial charge in [-0.2, -0.15) is 0 Å². The number of aliphatic hydroxyl groups excluding tert-OH is 1. The van der Waals surface area contributed by atoms with E-state index < -0.39 is 35.9 Å². The standard InChI is InChI=1S/C16H16O8/c17-9-3-1-8(5-10(9)18)2-4-13(19)23-11-6-16(22)7-12(14(11)20)24-15(16)21/h1-5,11-12,14,17-18,20,22H,6-7H2/t11?,12?,14-,16+/m1/s1. The van der Waals surface area contributed by atoms with E-state index in [4.69, 9.17) is 9.47 Å². The van der Waals surface area contributed by atoms with Crippen LogP contribution in [0.5, 0.6) is 11.5 Å². The molecule has 0 spiro atoms. The first-order valence-electron chi connectivity index (χ1n) is 7.31. The summed E-state index contributed by atoms with van der Waals surface area (Å²) in [6.07, 6.45) is -1.000. The minimum atomic E-state index is -1.73. The molecule has 1 aromatic carbocycles. The van der Waals surface area contributed by atoms with Crippen LogP contribution in [0.1, 0.15) is 18.4 Å². The Morgan fingerprint density at radius 1 is 1.29 bits per heavy atom. The normalized spacial score (nSPS) is 31.9. The number of hydrogen-bond donors (Lipinski definition) is 4. The summed E-state index contributed by atoms with van der Waals surface area (Å²) in [5.74, 6) is -2.22. The Bertz CT molecular complexity index is 712. The van der Waals surface area contributed by atoms with E-state index in [9.17, 15) is 30.0 Å². The Morgan fingerprint density at radius 2 is 2.04 bits per heavy atom. The van der Waals surface area contributed by atoms with Gasteiger partial charge in [-0.05, 0) is 23.8 Å². The van der Waals surface area contributed by atoms with E-state index in [1.807, 2.05) is 0 Å². The molecule has 3 rings (SSSR count). The molecule has 1 aromatic rings.